The fourth-order valence-electron chi connectivity index (χ4n) is 2.91. The maximum absolute atomic E-state index is 13.6. The van der Waals surface area contributed by atoms with E-state index < -0.39 is 6.17 Å². The number of hydrogen-bond donors (Lipinski definition) is 0. The SMILES string of the molecule is CC1=C(C)[C@H]2C[C@](C)(CC[C@@H]2F)C1=O. The molecule has 14 heavy (non-hydrogen) atoms. The minimum absolute atomic E-state index is 0.00597. The van der Waals surface area contributed by atoms with E-state index in [1.54, 1.807) is 0 Å². The third kappa shape index (κ3) is 1.16. The molecule has 2 rings (SSSR count). The smallest absolute Gasteiger partial charge is 0.164 e. The lowest BCUT2D eigenvalue weighted by molar-refractivity contribution is -0.128. The number of rotatable bonds is 0. The average Bonchev–Trinajstić information content (AvgIpc) is 2.17. The van der Waals surface area contributed by atoms with Crippen LogP contribution in [0.25, 0.3) is 0 Å². The van der Waals surface area contributed by atoms with Crippen LogP contribution in [0.3, 0.4) is 0 Å². The van der Waals surface area contributed by atoms with E-state index in [0.29, 0.717) is 12.8 Å². The Kier molecular flexibility index (Phi) is 2.06. The molecule has 2 aliphatic rings. The molecule has 2 bridgehead atoms. The van der Waals surface area contributed by atoms with Gasteiger partial charge in [-0.05, 0) is 38.7 Å². The first-order valence-corrected chi connectivity index (χ1v) is 5.32. The molecule has 0 aromatic rings. The highest BCUT2D eigenvalue weighted by molar-refractivity contribution is 6.01. The number of ketones is 1. The fourth-order valence-corrected chi connectivity index (χ4v) is 2.91. The molecular formula is C12H17FO. The van der Waals surface area contributed by atoms with Crippen LogP contribution in [-0.4, -0.2) is 12.0 Å². The first-order chi connectivity index (χ1) is 6.46. The summed E-state index contributed by atoms with van der Waals surface area (Å²) in [5, 5.41) is 0. The van der Waals surface area contributed by atoms with Crippen LogP contribution in [0.1, 0.15) is 40.0 Å². The Hall–Kier alpha value is -0.660. The van der Waals surface area contributed by atoms with Gasteiger partial charge in [0.25, 0.3) is 0 Å². The summed E-state index contributed by atoms with van der Waals surface area (Å²) in [6.07, 6.45) is 1.26. The van der Waals surface area contributed by atoms with E-state index in [9.17, 15) is 9.18 Å². The number of allylic oxidation sites excluding steroid dienone is 2. The number of fused-ring (bicyclic) bond motifs is 2. The zero-order valence-corrected chi connectivity index (χ0v) is 9.06. The molecule has 78 valence electrons. The van der Waals surface area contributed by atoms with Crippen molar-refractivity contribution in [1.29, 1.82) is 0 Å². The van der Waals surface area contributed by atoms with Gasteiger partial charge in [0.2, 0.25) is 0 Å². The first kappa shape index (κ1) is 9.88. The van der Waals surface area contributed by atoms with Crippen molar-refractivity contribution in [3.63, 3.8) is 0 Å². The molecule has 0 N–H and O–H groups in total. The summed E-state index contributed by atoms with van der Waals surface area (Å²) in [5.74, 6) is 0.254. The molecular weight excluding hydrogens is 179 g/mol. The summed E-state index contributed by atoms with van der Waals surface area (Å²) < 4.78 is 13.6. The van der Waals surface area contributed by atoms with Crippen molar-refractivity contribution < 1.29 is 9.18 Å². The minimum atomic E-state index is -0.730. The predicted octanol–water partition coefficient (Wildman–Crippen LogP) is 3.05. The van der Waals surface area contributed by atoms with Gasteiger partial charge in [-0.25, -0.2) is 4.39 Å². The van der Waals surface area contributed by atoms with Gasteiger partial charge in [-0.3, -0.25) is 4.79 Å². The second-order valence-corrected chi connectivity index (χ2v) is 5.06. The molecule has 1 nitrogen and oxygen atoms in total. The molecule has 3 atom stereocenters. The van der Waals surface area contributed by atoms with Crippen LogP contribution in [-0.2, 0) is 4.79 Å². The van der Waals surface area contributed by atoms with Gasteiger partial charge in [0.1, 0.15) is 6.17 Å². The summed E-state index contributed by atoms with van der Waals surface area (Å²) in [7, 11) is 0. The second-order valence-electron chi connectivity index (χ2n) is 5.06. The molecule has 2 heteroatoms. The summed E-state index contributed by atoms with van der Waals surface area (Å²) >= 11 is 0. The van der Waals surface area contributed by atoms with Crippen molar-refractivity contribution in [3.05, 3.63) is 11.1 Å². The highest BCUT2D eigenvalue weighted by Crippen LogP contribution is 2.49. The maximum Gasteiger partial charge on any atom is 0.164 e. The summed E-state index contributed by atoms with van der Waals surface area (Å²) in [4.78, 5) is 12.0. The van der Waals surface area contributed by atoms with E-state index in [0.717, 1.165) is 17.6 Å². The monoisotopic (exact) mass is 196 g/mol. The molecule has 0 amide bonds. The molecule has 1 fully saturated rings. The summed E-state index contributed by atoms with van der Waals surface area (Å²) in [6.45, 7) is 5.75. The van der Waals surface area contributed by atoms with E-state index in [2.05, 4.69) is 0 Å². The quantitative estimate of drug-likeness (QED) is 0.582. The minimum Gasteiger partial charge on any atom is -0.294 e. The van der Waals surface area contributed by atoms with Gasteiger partial charge < -0.3 is 0 Å². The van der Waals surface area contributed by atoms with Gasteiger partial charge in [0, 0.05) is 11.3 Å². The lowest BCUT2D eigenvalue weighted by atomic mass is 9.60. The highest BCUT2D eigenvalue weighted by atomic mass is 19.1. The molecule has 1 saturated carbocycles. The van der Waals surface area contributed by atoms with Crippen molar-refractivity contribution in [2.75, 3.05) is 0 Å². The largest absolute Gasteiger partial charge is 0.294 e. The van der Waals surface area contributed by atoms with E-state index in [-0.39, 0.29) is 17.1 Å². The Morgan fingerprint density at radius 2 is 2.07 bits per heavy atom. The zero-order chi connectivity index (χ0) is 10.5. The molecule has 0 aromatic carbocycles. The topological polar surface area (TPSA) is 17.1 Å². The van der Waals surface area contributed by atoms with Gasteiger partial charge in [-0.1, -0.05) is 12.5 Å². The first-order valence-electron chi connectivity index (χ1n) is 5.32. The molecule has 0 radical (unpaired) electrons. The van der Waals surface area contributed by atoms with Gasteiger partial charge in [0.05, 0.1) is 0 Å². The van der Waals surface area contributed by atoms with Crippen molar-refractivity contribution in [3.8, 4) is 0 Å². The fraction of sp³-hybridized carbons (Fsp3) is 0.750. The van der Waals surface area contributed by atoms with Crippen LogP contribution in [0.5, 0.6) is 0 Å². The van der Waals surface area contributed by atoms with Gasteiger partial charge in [0.15, 0.2) is 5.78 Å². The number of Topliss-reactive ketones (excluding diaryl/α,β-unsaturated/α-hetero) is 1. The zero-order valence-electron chi connectivity index (χ0n) is 9.06. The van der Waals surface area contributed by atoms with Crippen LogP contribution in [0.4, 0.5) is 4.39 Å². The molecule has 0 heterocycles. The van der Waals surface area contributed by atoms with Crippen LogP contribution < -0.4 is 0 Å². The molecule has 2 aliphatic carbocycles. The van der Waals surface area contributed by atoms with Crippen molar-refractivity contribution in [2.24, 2.45) is 11.3 Å². The van der Waals surface area contributed by atoms with Crippen molar-refractivity contribution in [2.45, 2.75) is 46.2 Å². The Balaban J connectivity index is 2.47. The third-order valence-electron chi connectivity index (χ3n) is 4.12. The van der Waals surface area contributed by atoms with E-state index >= 15 is 0 Å². The van der Waals surface area contributed by atoms with E-state index in [4.69, 9.17) is 0 Å². The molecule has 0 unspecified atom stereocenters. The van der Waals surface area contributed by atoms with Crippen LogP contribution in [0, 0.1) is 11.3 Å². The lowest BCUT2D eigenvalue weighted by Crippen LogP contribution is -2.43. The van der Waals surface area contributed by atoms with E-state index in [1.165, 1.54) is 0 Å². The Bertz CT molecular complexity index is 318. The van der Waals surface area contributed by atoms with E-state index in [1.807, 2.05) is 20.8 Å². The van der Waals surface area contributed by atoms with Crippen molar-refractivity contribution >= 4 is 5.78 Å². The average molecular weight is 196 g/mol. The standard InChI is InChI=1S/C12H17FO/c1-7-8(2)11(14)12(3)5-4-10(13)9(7)6-12/h9-10H,4-6H2,1-3H3/t9-,10+,12+/m1/s1. The maximum atomic E-state index is 13.6. The highest BCUT2D eigenvalue weighted by Gasteiger charge is 2.47. The molecule has 0 saturated heterocycles. The normalized spacial score (nSPS) is 43.0. The van der Waals surface area contributed by atoms with Crippen LogP contribution in [0.15, 0.2) is 11.1 Å². The number of halogens is 1. The number of alkyl halides is 1. The Morgan fingerprint density at radius 1 is 1.43 bits per heavy atom. The lowest BCUT2D eigenvalue weighted by Gasteiger charge is -2.44. The predicted molar refractivity (Wildman–Crippen MR) is 53.7 cm³/mol. The Morgan fingerprint density at radius 3 is 2.71 bits per heavy atom. The van der Waals surface area contributed by atoms with Gasteiger partial charge >= 0.3 is 0 Å². The number of carbonyl (C=O) groups is 1. The van der Waals surface area contributed by atoms with Gasteiger partial charge in [-0.2, -0.15) is 0 Å². The van der Waals surface area contributed by atoms with Crippen LogP contribution in [0.2, 0.25) is 0 Å². The van der Waals surface area contributed by atoms with Crippen LogP contribution >= 0.6 is 0 Å². The number of hydrogen-bond acceptors (Lipinski definition) is 1. The molecule has 0 aromatic heterocycles. The Labute approximate surface area is 84.4 Å². The summed E-state index contributed by atoms with van der Waals surface area (Å²) in [6, 6.07) is 0. The second kappa shape index (κ2) is 2.91. The molecule has 0 aliphatic heterocycles. The number of carbonyl (C=O) groups excluding carboxylic acids is 1. The molecule has 0 spiro atoms. The van der Waals surface area contributed by atoms with Crippen molar-refractivity contribution in [1.82, 2.24) is 0 Å². The summed E-state index contributed by atoms with van der Waals surface area (Å²) in [5.41, 5.74) is 1.53. The third-order valence-corrected chi connectivity index (χ3v) is 4.12. The van der Waals surface area contributed by atoms with Gasteiger partial charge in [-0.15, -0.1) is 0 Å².